The van der Waals surface area contributed by atoms with Gasteiger partial charge in [-0.1, -0.05) is 0 Å². The predicted octanol–water partition coefficient (Wildman–Crippen LogP) is 0.187. The highest BCUT2D eigenvalue weighted by Gasteiger charge is 2.44. The Bertz CT molecular complexity index is 329. The first kappa shape index (κ1) is 8.29. The zero-order valence-corrected chi connectivity index (χ0v) is 8.05. The maximum absolute atomic E-state index is 9.18. The van der Waals surface area contributed by atoms with E-state index in [-0.39, 0.29) is 12.1 Å². The molecule has 0 bridgehead atoms. The molecule has 0 saturated heterocycles. The van der Waals surface area contributed by atoms with Gasteiger partial charge >= 0.3 is 0 Å². The number of aliphatic hydroxyl groups is 1. The summed E-state index contributed by atoms with van der Waals surface area (Å²) >= 11 is 0. The van der Waals surface area contributed by atoms with Crippen molar-refractivity contribution in [2.45, 2.75) is 24.8 Å². The summed E-state index contributed by atoms with van der Waals surface area (Å²) < 4.78 is 5.51. The summed E-state index contributed by atoms with van der Waals surface area (Å²) in [6.07, 6.45) is 3.08. The number of aliphatic hydroxyl groups excluding tert-OH is 1. The number of nitrogens with one attached hydrogen (secondary N) is 1. The first-order valence-electron chi connectivity index (χ1n) is 5.12. The topological polar surface area (TPSA) is 53.8 Å². The molecule has 0 amide bonds. The quantitative estimate of drug-likeness (QED) is 0.659. The number of nitrogens with zero attached hydrogens (tertiary/aromatic N) is 1. The minimum absolute atomic E-state index is 0.0900. The van der Waals surface area contributed by atoms with Crippen LogP contribution in [0.4, 0.5) is 0 Å². The van der Waals surface area contributed by atoms with Crippen molar-refractivity contribution in [1.82, 2.24) is 5.32 Å². The molecule has 2 N–H and O–H groups in total. The molecule has 0 aromatic heterocycles. The van der Waals surface area contributed by atoms with Gasteiger partial charge in [-0.3, -0.25) is 4.99 Å². The lowest BCUT2D eigenvalue weighted by Gasteiger charge is -2.16. The highest BCUT2D eigenvalue weighted by Crippen LogP contribution is 2.36. The minimum atomic E-state index is -0.0900. The summed E-state index contributed by atoms with van der Waals surface area (Å²) in [6, 6.07) is 0. The van der Waals surface area contributed by atoms with Crippen LogP contribution in [0.5, 0.6) is 0 Å². The van der Waals surface area contributed by atoms with E-state index in [4.69, 9.17) is 4.74 Å². The Kier molecular flexibility index (Phi) is 1.62. The molecule has 3 rings (SSSR count). The van der Waals surface area contributed by atoms with E-state index in [2.05, 4.69) is 10.3 Å². The summed E-state index contributed by atoms with van der Waals surface area (Å²) in [5.74, 6) is 1.81. The molecule has 2 heterocycles. The first-order valence-corrected chi connectivity index (χ1v) is 5.12. The highest BCUT2D eigenvalue weighted by molar-refractivity contribution is 6.00. The molecule has 1 aliphatic carbocycles. The minimum Gasteiger partial charge on any atom is -0.489 e. The zero-order valence-electron chi connectivity index (χ0n) is 8.05. The van der Waals surface area contributed by atoms with Gasteiger partial charge in [-0.25, -0.2) is 0 Å². The fourth-order valence-corrected chi connectivity index (χ4v) is 1.95. The van der Waals surface area contributed by atoms with Crippen molar-refractivity contribution in [3.05, 3.63) is 11.3 Å². The van der Waals surface area contributed by atoms with E-state index in [0.717, 1.165) is 44.0 Å². The van der Waals surface area contributed by atoms with Crippen LogP contribution in [-0.4, -0.2) is 36.2 Å². The molecule has 0 aromatic carbocycles. The molecule has 0 unspecified atom stereocenters. The average molecular weight is 194 g/mol. The molecule has 0 radical (unpaired) electrons. The molecule has 3 aliphatic rings. The van der Waals surface area contributed by atoms with E-state index in [1.165, 1.54) is 5.57 Å². The predicted molar refractivity (Wildman–Crippen MR) is 52.1 cm³/mol. The summed E-state index contributed by atoms with van der Waals surface area (Å²) in [5.41, 5.74) is 1.22. The third-order valence-electron chi connectivity index (χ3n) is 3.15. The Hall–Kier alpha value is -1.03. The lowest BCUT2D eigenvalue weighted by molar-refractivity contribution is 0.238. The third kappa shape index (κ3) is 1.14. The molecule has 1 saturated carbocycles. The van der Waals surface area contributed by atoms with E-state index < -0.39 is 0 Å². The van der Waals surface area contributed by atoms with Gasteiger partial charge in [0.1, 0.15) is 0 Å². The average Bonchev–Trinajstić information content (AvgIpc) is 2.66. The van der Waals surface area contributed by atoms with E-state index in [1.807, 2.05) is 0 Å². The number of hydrogen-bond acceptors (Lipinski definition) is 4. The van der Waals surface area contributed by atoms with Crippen LogP contribution >= 0.6 is 0 Å². The van der Waals surface area contributed by atoms with Crippen LogP contribution in [-0.2, 0) is 4.74 Å². The van der Waals surface area contributed by atoms with E-state index in [9.17, 15) is 5.11 Å². The van der Waals surface area contributed by atoms with Gasteiger partial charge in [0.15, 0.2) is 11.6 Å². The van der Waals surface area contributed by atoms with Crippen molar-refractivity contribution < 1.29 is 9.84 Å². The van der Waals surface area contributed by atoms with E-state index in [1.54, 1.807) is 0 Å². The largest absolute Gasteiger partial charge is 0.489 e. The number of hydrogen-bond donors (Lipinski definition) is 2. The molecular weight excluding hydrogens is 180 g/mol. The first-order chi connectivity index (χ1) is 6.83. The van der Waals surface area contributed by atoms with Crippen LogP contribution in [0.3, 0.4) is 0 Å². The Morgan fingerprint density at radius 2 is 2.36 bits per heavy atom. The summed E-state index contributed by atoms with van der Waals surface area (Å²) in [7, 11) is 0. The fraction of sp³-hybridized carbons (Fsp3) is 0.700. The van der Waals surface area contributed by atoms with E-state index in [0.29, 0.717) is 0 Å². The van der Waals surface area contributed by atoms with Crippen molar-refractivity contribution in [3.63, 3.8) is 0 Å². The van der Waals surface area contributed by atoms with Crippen molar-refractivity contribution in [1.29, 1.82) is 0 Å². The van der Waals surface area contributed by atoms with Crippen LogP contribution in [0, 0.1) is 0 Å². The number of amidine groups is 1. The Morgan fingerprint density at radius 1 is 1.50 bits per heavy atom. The molecule has 0 aromatic rings. The standard InChI is InChI=1S/C10H14N2O2/c13-6-10(2-3-10)12-9-8-7(5-11-9)1-4-14-8/h13H,1-6H2,(H,11,12). The Morgan fingerprint density at radius 3 is 3.07 bits per heavy atom. The lowest BCUT2D eigenvalue weighted by Crippen LogP contribution is -2.40. The fourth-order valence-electron chi connectivity index (χ4n) is 1.95. The molecular formula is C10H14N2O2. The molecule has 1 fully saturated rings. The molecule has 0 spiro atoms. The number of rotatable bonds is 2. The normalized spacial score (nSPS) is 27.1. The Balaban J connectivity index is 1.75. The van der Waals surface area contributed by atoms with Crippen LogP contribution in [0.25, 0.3) is 0 Å². The van der Waals surface area contributed by atoms with Crippen LogP contribution in [0.15, 0.2) is 16.3 Å². The number of aliphatic imine (C=N–C) groups is 1. The maximum atomic E-state index is 9.18. The van der Waals surface area contributed by atoms with Crippen LogP contribution in [0.1, 0.15) is 19.3 Å². The second kappa shape index (κ2) is 2.73. The zero-order chi connectivity index (χ0) is 9.60. The van der Waals surface area contributed by atoms with Gasteiger partial charge in [-0.05, 0) is 12.8 Å². The van der Waals surface area contributed by atoms with Gasteiger partial charge in [0.25, 0.3) is 0 Å². The molecule has 76 valence electrons. The van der Waals surface area contributed by atoms with Crippen molar-refractivity contribution in [2.75, 3.05) is 19.8 Å². The molecule has 2 aliphatic heterocycles. The van der Waals surface area contributed by atoms with Crippen LogP contribution in [0.2, 0.25) is 0 Å². The van der Waals surface area contributed by atoms with Gasteiger partial charge in [0, 0.05) is 12.0 Å². The van der Waals surface area contributed by atoms with E-state index >= 15 is 0 Å². The van der Waals surface area contributed by atoms with Gasteiger partial charge in [0.05, 0.1) is 25.3 Å². The van der Waals surface area contributed by atoms with Gasteiger partial charge in [0.2, 0.25) is 0 Å². The second-order valence-corrected chi connectivity index (χ2v) is 4.26. The summed E-state index contributed by atoms with van der Waals surface area (Å²) in [5, 5.41) is 12.5. The van der Waals surface area contributed by atoms with Gasteiger partial charge in [-0.15, -0.1) is 0 Å². The third-order valence-corrected chi connectivity index (χ3v) is 3.15. The molecule has 0 atom stereocenters. The highest BCUT2D eigenvalue weighted by atomic mass is 16.5. The smallest absolute Gasteiger partial charge is 0.165 e. The molecule has 4 nitrogen and oxygen atoms in total. The second-order valence-electron chi connectivity index (χ2n) is 4.26. The van der Waals surface area contributed by atoms with Crippen LogP contribution < -0.4 is 5.32 Å². The van der Waals surface area contributed by atoms with Gasteiger partial charge in [-0.2, -0.15) is 0 Å². The molecule has 4 heteroatoms. The SMILES string of the molecule is OCC1(NC2=NCC3=C2OCC3)CC1. The summed E-state index contributed by atoms with van der Waals surface area (Å²) in [6.45, 7) is 1.76. The number of ether oxygens (including phenoxy) is 1. The maximum Gasteiger partial charge on any atom is 0.165 e. The van der Waals surface area contributed by atoms with Gasteiger partial charge < -0.3 is 15.2 Å². The summed E-state index contributed by atoms with van der Waals surface area (Å²) in [4.78, 5) is 4.39. The lowest BCUT2D eigenvalue weighted by atomic mass is 10.2. The monoisotopic (exact) mass is 194 g/mol. The van der Waals surface area contributed by atoms with Crippen molar-refractivity contribution >= 4 is 5.84 Å². The Labute approximate surface area is 82.7 Å². The molecule has 14 heavy (non-hydrogen) atoms. The van der Waals surface area contributed by atoms with Crippen molar-refractivity contribution in [2.24, 2.45) is 4.99 Å². The van der Waals surface area contributed by atoms with Crippen molar-refractivity contribution in [3.8, 4) is 0 Å².